The van der Waals surface area contributed by atoms with Crippen LogP contribution in [-0.4, -0.2) is 22.8 Å². The monoisotopic (exact) mass is 364 g/mol. The summed E-state index contributed by atoms with van der Waals surface area (Å²) in [6.07, 6.45) is 0. The average molecular weight is 364 g/mol. The molecule has 0 bridgehead atoms. The highest BCUT2D eigenvalue weighted by molar-refractivity contribution is 7.89. The third-order valence-corrected chi connectivity index (χ3v) is 5.74. The van der Waals surface area contributed by atoms with Crippen LogP contribution in [0.4, 0.5) is 0 Å². The van der Waals surface area contributed by atoms with E-state index in [2.05, 4.69) is 9.82 Å². The third kappa shape index (κ3) is 3.00. The van der Waals surface area contributed by atoms with Gasteiger partial charge in [-0.25, -0.2) is 17.9 Å². The molecule has 134 valence electrons. The van der Waals surface area contributed by atoms with Crippen molar-refractivity contribution in [2.75, 3.05) is 0 Å². The van der Waals surface area contributed by atoms with E-state index in [1.54, 1.807) is 13.1 Å². The first-order chi connectivity index (χ1) is 11.7. The van der Waals surface area contributed by atoms with Gasteiger partial charge in [-0.05, 0) is 32.9 Å². The summed E-state index contributed by atoms with van der Waals surface area (Å²) < 4.78 is 36.0. The summed E-state index contributed by atoms with van der Waals surface area (Å²) in [5.41, 5.74) is 3.37. The van der Waals surface area contributed by atoms with Gasteiger partial charge >= 0.3 is 5.76 Å². The zero-order chi connectivity index (χ0) is 18.4. The van der Waals surface area contributed by atoms with Crippen molar-refractivity contribution in [3.05, 3.63) is 45.7 Å². The zero-order valence-corrected chi connectivity index (χ0v) is 15.3. The van der Waals surface area contributed by atoms with Gasteiger partial charge in [0.25, 0.3) is 0 Å². The van der Waals surface area contributed by atoms with Gasteiger partial charge in [-0.3, -0.25) is 9.25 Å². The van der Waals surface area contributed by atoms with E-state index < -0.39 is 15.8 Å². The minimum Gasteiger partial charge on any atom is -0.408 e. The van der Waals surface area contributed by atoms with Gasteiger partial charge in [0.15, 0.2) is 5.58 Å². The van der Waals surface area contributed by atoms with Crippen molar-refractivity contribution < 1.29 is 12.8 Å². The Bertz CT molecular complexity index is 1110. The van der Waals surface area contributed by atoms with Gasteiger partial charge in [-0.1, -0.05) is 0 Å². The molecule has 0 unspecified atom stereocenters. The lowest BCUT2D eigenvalue weighted by atomic mass is 10.2. The molecule has 1 aromatic carbocycles. The maximum atomic E-state index is 12.6. The summed E-state index contributed by atoms with van der Waals surface area (Å²) in [5, 5.41) is 4.38. The summed E-state index contributed by atoms with van der Waals surface area (Å²) in [6.45, 7) is 6.63. The minimum atomic E-state index is -3.74. The number of oxazole rings is 1. The first-order valence-corrected chi connectivity index (χ1v) is 9.35. The molecule has 0 aliphatic rings. The molecule has 0 fully saturated rings. The van der Waals surface area contributed by atoms with E-state index in [1.807, 2.05) is 25.5 Å². The first-order valence-electron chi connectivity index (χ1n) is 7.86. The van der Waals surface area contributed by atoms with Crippen LogP contribution in [0, 0.1) is 13.8 Å². The van der Waals surface area contributed by atoms with Crippen LogP contribution in [-0.2, 0) is 30.2 Å². The van der Waals surface area contributed by atoms with Crippen LogP contribution in [0.25, 0.3) is 11.1 Å². The molecule has 0 saturated heterocycles. The van der Waals surface area contributed by atoms with Crippen molar-refractivity contribution in [3.8, 4) is 0 Å². The molecule has 0 saturated carbocycles. The smallest absolute Gasteiger partial charge is 0.408 e. The lowest BCUT2D eigenvalue weighted by molar-refractivity contribution is 0.527. The quantitative estimate of drug-likeness (QED) is 0.739. The van der Waals surface area contributed by atoms with E-state index >= 15 is 0 Å². The Morgan fingerprint density at radius 2 is 2.00 bits per heavy atom. The van der Waals surface area contributed by atoms with Crippen LogP contribution in [0.15, 0.2) is 32.3 Å². The van der Waals surface area contributed by atoms with E-state index in [-0.39, 0.29) is 17.0 Å². The number of nitrogens with zero attached hydrogens (tertiary/aromatic N) is 3. The van der Waals surface area contributed by atoms with Crippen molar-refractivity contribution >= 4 is 21.1 Å². The molecule has 0 radical (unpaired) electrons. The van der Waals surface area contributed by atoms with Crippen molar-refractivity contribution in [1.82, 2.24) is 19.1 Å². The number of aromatic nitrogens is 3. The predicted octanol–water partition coefficient (Wildman–Crippen LogP) is 1.44. The van der Waals surface area contributed by atoms with Crippen molar-refractivity contribution in [2.45, 2.75) is 38.8 Å². The standard InChI is InChI=1S/C16H20N4O4S/c1-5-20-11(3)13(10(2)18-20)9-17-25(22,23)12-6-7-14-15(8-12)24-16(21)19(14)4/h6-8,17H,5,9H2,1-4H3. The molecule has 25 heavy (non-hydrogen) atoms. The molecular weight excluding hydrogens is 344 g/mol. The van der Waals surface area contributed by atoms with Gasteiger partial charge in [0, 0.05) is 37.5 Å². The van der Waals surface area contributed by atoms with Crippen molar-refractivity contribution in [2.24, 2.45) is 7.05 Å². The fraction of sp³-hybridized carbons (Fsp3) is 0.375. The Morgan fingerprint density at radius 1 is 1.28 bits per heavy atom. The molecule has 0 aliphatic heterocycles. The molecule has 9 heteroatoms. The number of fused-ring (bicyclic) bond motifs is 1. The second-order valence-corrected chi connectivity index (χ2v) is 7.61. The SMILES string of the molecule is CCn1nc(C)c(CNS(=O)(=O)c2ccc3c(c2)oc(=O)n3C)c1C. The summed E-state index contributed by atoms with van der Waals surface area (Å²) in [5.74, 6) is -0.532. The molecule has 0 amide bonds. The number of hydrogen-bond donors (Lipinski definition) is 1. The van der Waals surface area contributed by atoms with Gasteiger partial charge < -0.3 is 4.42 Å². The Balaban J connectivity index is 1.90. The van der Waals surface area contributed by atoms with Crippen LogP contribution in [0.3, 0.4) is 0 Å². The fourth-order valence-corrected chi connectivity index (χ4v) is 3.84. The van der Waals surface area contributed by atoms with E-state index in [9.17, 15) is 13.2 Å². The van der Waals surface area contributed by atoms with Gasteiger partial charge in [0.1, 0.15) is 0 Å². The zero-order valence-electron chi connectivity index (χ0n) is 14.5. The molecule has 8 nitrogen and oxygen atoms in total. The van der Waals surface area contributed by atoms with Crippen LogP contribution in [0.2, 0.25) is 0 Å². The lowest BCUT2D eigenvalue weighted by Crippen LogP contribution is -2.23. The number of nitrogens with one attached hydrogen (secondary N) is 1. The third-order valence-electron chi connectivity index (χ3n) is 4.34. The molecular formula is C16H20N4O4S. The molecule has 0 atom stereocenters. The van der Waals surface area contributed by atoms with E-state index in [1.165, 1.54) is 16.7 Å². The number of benzene rings is 1. The predicted molar refractivity (Wildman–Crippen MR) is 92.9 cm³/mol. The minimum absolute atomic E-state index is 0.0486. The maximum absolute atomic E-state index is 12.6. The van der Waals surface area contributed by atoms with Gasteiger partial charge in [-0.2, -0.15) is 5.10 Å². The Labute approximate surface area is 145 Å². The summed E-state index contributed by atoms with van der Waals surface area (Å²) >= 11 is 0. The van der Waals surface area contributed by atoms with Crippen LogP contribution in [0.1, 0.15) is 23.9 Å². The van der Waals surface area contributed by atoms with Crippen LogP contribution in [0.5, 0.6) is 0 Å². The van der Waals surface area contributed by atoms with Crippen molar-refractivity contribution in [3.63, 3.8) is 0 Å². The number of sulfonamides is 1. The molecule has 0 spiro atoms. The Morgan fingerprint density at radius 3 is 2.64 bits per heavy atom. The summed E-state index contributed by atoms with van der Waals surface area (Å²) in [4.78, 5) is 11.6. The summed E-state index contributed by atoms with van der Waals surface area (Å²) in [6, 6.07) is 4.36. The Kier molecular flexibility index (Phi) is 4.29. The highest BCUT2D eigenvalue weighted by atomic mass is 32.2. The molecule has 0 aliphatic carbocycles. The number of hydrogen-bond acceptors (Lipinski definition) is 5. The van der Waals surface area contributed by atoms with E-state index in [0.717, 1.165) is 23.5 Å². The van der Waals surface area contributed by atoms with Crippen molar-refractivity contribution in [1.29, 1.82) is 0 Å². The topological polar surface area (TPSA) is 99.1 Å². The molecule has 1 N–H and O–H groups in total. The highest BCUT2D eigenvalue weighted by Crippen LogP contribution is 2.19. The number of rotatable bonds is 5. The van der Waals surface area contributed by atoms with E-state index in [0.29, 0.717) is 5.52 Å². The largest absolute Gasteiger partial charge is 0.419 e. The Hall–Kier alpha value is -2.39. The highest BCUT2D eigenvalue weighted by Gasteiger charge is 2.19. The molecule has 3 rings (SSSR count). The number of aryl methyl sites for hydroxylation is 3. The maximum Gasteiger partial charge on any atom is 0.419 e. The average Bonchev–Trinajstić information content (AvgIpc) is 3.01. The van der Waals surface area contributed by atoms with Crippen LogP contribution < -0.4 is 10.5 Å². The second kappa shape index (κ2) is 6.16. The van der Waals surface area contributed by atoms with Crippen LogP contribution >= 0.6 is 0 Å². The van der Waals surface area contributed by atoms with Gasteiger partial charge in [0.2, 0.25) is 10.0 Å². The molecule has 3 aromatic rings. The first kappa shape index (κ1) is 17.4. The second-order valence-electron chi connectivity index (χ2n) is 5.85. The molecule has 2 aromatic heterocycles. The lowest BCUT2D eigenvalue weighted by Gasteiger charge is -2.07. The molecule has 2 heterocycles. The summed E-state index contributed by atoms with van der Waals surface area (Å²) in [7, 11) is -2.18. The fourth-order valence-electron chi connectivity index (χ4n) is 2.83. The van der Waals surface area contributed by atoms with Gasteiger partial charge in [-0.15, -0.1) is 0 Å². The van der Waals surface area contributed by atoms with Gasteiger partial charge in [0.05, 0.1) is 16.1 Å². The normalized spacial score (nSPS) is 12.2. The van der Waals surface area contributed by atoms with E-state index in [4.69, 9.17) is 4.42 Å².